The van der Waals surface area contributed by atoms with Crippen LogP contribution in [-0.4, -0.2) is 52.7 Å². The van der Waals surface area contributed by atoms with Gasteiger partial charge in [-0.05, 0) is 90.3 Å². The number of ether oxygens (including phenoxy) is 1. The largest absolute Gasteiger partial charge is 0.573 e. The van der Waals surface area contributed by atoms with Crippen molar-refractivity contribution in [2.45, 2.75) is 69.0 Å². The molecule has 19 heteroatoms. The number of hydrogen-bond donors (Lipinski definition) is 2. The van der Waals surface area contributed by atoms with Crippen LogP contribution in [0.3, 0.4) is 0 Å². The summed E-state index contributed by atoms with van der Waals surface area (Å²) in [7, 11) is -4.77. The van der Waals surface area contributed by atoms with E-state index >= 15 is 0 Å². The number of carboxylic acid groups (broad SMARTS) is 2. The molecule has 0 spiro atoms. The number of halogens is 8. The maximum atomic E-state index is 12.4. The Labute approximate surface area is 300 Å². The Kier molecular flexibility index (Phi) is 20.6. The van der Waals surface area contributed by atoms with Gasteiger partial charge in [-0.15, -0.1) is 29.5 Å². The molecule has 0 heterocycles. The molecule has 2 saturated carbocycles. The minimum atomic E-state index is -4.77. The fourth-order valence-electron chi connectivity index (χ4n) is 4.47. The van der Waals surface area contributed by atoms with Gasteiger partial charge in [0.2, 0.25) is 5.24 Å². The quantitative estimate of drug-likeness (QED) is 0.186. The van der Waals surface area contributed by atoms with Gasteiger partial charge in [0.1, 0.15) is 5.75 Å². The number of alkyl halides is 3. The average molecular weight is 802 g/mol. The molecule has 0 aromatic heterocycles. The van der Waals surface area contributed by atoms with Crippen LogP contribution in [0.4, 0.5) is 17.1 Å². The van der Waals surface area contributed by atoms with Crippen molar-refractivity contribution in [2.75, 3.05) is 0 Å². The van der Waals surface area contributed by atoms with Gasteiger partial charge in [-0.3, -0.25) is 24.0 Å². The third-order valence-corrected chi connectivity index (χ3v) is 8.46. The normalized spacial score (nSPS) is 17.0. The van der Waals surface area contributed by atoms with Crippen molar-refractivity contribution >= 4 is 85.1 Å². The molecule has 0 aliphatic heterocycles. The van der Waals surface area contributed by atoms with Crippen LogP contribution in [0.15, 0.2) is 53.4 Å². The minimum Gasteiger partial charge on any atom is -0.481 e. The highest BCUT2D eigenvalue weighted by Gasteiger charge is 2.41. The summed E-state index contributed by atoms with van der Waals surface area (Å²) in [6.07, 6.45) is 4.53. The Morgan fingerprint density at radius 3 is 1.63 bits per heavy atom. The second kappa shape index (κ2) is 22.0. The van der Waals surface area contributed by atoms with Crippen molar-refractivity contribution in [1.82, 2.24) is 0 Å². The maximum Gasteiger partial charge on any atom is 0.573 e. The predicted molar refractivity (Wildman–Crippen MR) is 174 cm³/mol. The van der Waals surface area contributed by atoms with E-state index in [2.05, 4.69) is 4.74 Å². The van der Waals surface area contributed by atoms with Crippen LogP contribution < -0.4 is 4.74 Å². The van der Waals surface area contributed by atoms with Gasteiger partial charge in [0, 0.05) is 17.5 Å². The van der Waals surface area contributed by atoms with Crippen LogP contribution in [0.2, 0.25) is 0 Å². The highest BCUT2D eigenvalue weighted by Crippen LogP contribution is 2.34. The van der Waals surface area contributed by atoms with Crippen LogP contribution >= 0.6 is 47.2 Å². The van der Waals surface area contributed by atoms with Crippen molar-refractivity contribution in [3.8, 4) is 5.75 Å². The molecule has 0 bridgehead atoms. The van der Waals surface area contributed by atoms with E-state index in [-0.39, 0.29) is 28.8 Å². The monoisotopic (exact) mass is 800 g/mol. The van der Waals surface area contributed by atoms with Gasteiger partial charge in [0.05, 0.1) is 16.7 Å². The van der Waals surface area contributed by atoms with Crippen LogP contribution in [0, 0.1) is 17.8 Å². The number of hydrogen-bond acceptors (Lipinski definition) is 8. The van der Waals surface area contributed by atoms with Crippen molar-refractivity contribution in [2.24, 2.45) is 17.8 Å². The van der Waals surface area contributed by atoms with Gasteiger partial charge in [-0.1, -0.05) is 50.3 Å². The molecule has 2 aromatic rings. The van der Waals surface area contributed by atoms with E-state index in [1.165, 1.54) is 56.4 Å². The van der Waals surface area contributed by atoms with Crippen molar-refractivity contribution in [3.63, 3.8) is 0 Å². The summed E-state index contributed by atoms with van der Waals surface area (Å²) in [6.45, 7) is 0. The summed E-state index contributed by atoms with van der Waals surface area (Å²) in [5.74, 6) is -2.94. The lowest BCUT2D eigenvalue weighted by Crippen LogP contribution is -2.37. The zero-order chi connectivity index (χ0) is 36.7. The number of carboxylic acids is 2. The molecule has 0 saturated heterocycles. The fourth-order valence-corrected chi connectivity index (χ4v) is 5.32. The first-order valence-electron chi connectivity index (χ1n) is 14.1. The smallest absolute Gasteiger partial charge is 0.481 e. The number of rotatable bonds is 9. The van der Waals surface area contributed by atoms with E-state index in [4.69, 9.17) is 45.0 Å². The zero-order valence-corrected chi connectivity index (χ0v) is 29.2. The third-order valence-electron chi connectivity index (χ3n) is 7.02. The second-order valence-electron chi connectivity index (χ2n) is 10.5. The van der Waals surface area contributed by atoms with Crippen LogP contribution in [-0.2, 0) is 24.6 Å². The Bertz CT molecular complexity index is 1510. The fraction of sp³-hybridized carbons (Fsp3) is 0.433. The maximum absolute atomic E-state index is 12.4. The van der Waals surface area contributed by atoms with Gasteiger partial charge in [-0.25, -0.2) is 0 Å². The Balaban J connectivity index is 0.000000627. The van der Waals surface area contributed by atoms with Gasteiger partial charge in [-0.2, -0.15) is 8.42 Å². The molecule has 0 amide bonds. The standard InChI is InChI=1S/C9H15ClO.C8H4ClF3O2.C7H4ClFO3S.C6H8O4.ClH/c10-9(11)7-6-8-4-2-1-3-5-8;9-7(13)5-2-1-3-6(4-5)14-8(10,11)12;8-7(10)5-2-1-3-6(4-5)13(9,11)12;7-5(8)3-1-2-4(3)6(9)10;/h8H,1-7H2;1-4H;1-4H;3-4H,1-2H2,(H,7,8)(H,9,10);1H/t;;;3-,4-;/m...1./s1. The summed E-state index contributed by atoms with van der Waals surface area (Å²) in [6, 6.07) is 8.99. The molecule has 49 heavy (non-hydrogen) atoms. The van der Waals surface area contributed by atoms with E-state index in [0.29, 0.717) is 19.3 Å². The number of benzene rings is 2. The minimum absolute atomic E-state index is 0. The van der Waals surface area contributed by atoms with Crippen molar-refractivity contribution in [1.29, 1.82) is 0 Å². The van der Waals surface area contributed by atoms with Crippen LogP contribution in [0.1, 0.15) is 78.5 Å². The van der Waals surface area contributed by atoms with E-state index in [1.54, 1.807) is 0 Å². The molecule has 2 atom stereocenters. The molecule has 2 fully saturated rings. The van der Waals surface area contributed by atoms with Crippen molar-refractivity contribution < 1.29 is 64.4 Å². The zero-order valence-electron chi connectivity index (χ0n) is 25.3. The second-order valence-corrected chi connectivity index (χ2v) is 12.9. The topological polar surface area (TPSA) is 169 Å². The highest BCUT2D eigenvalue weighted by atomic mass is 35.5. The van der Waals surface area contributed by atoms with E-state index < -0.39 is 61.5 Å². The molecule has 2 aliphatic carbocycles. The molecule has 10 nitrogen and oxygen atoms in total. The van der Waals surface area contributed by atoms with E-state index in [1.807, 2.05) is 0 Å². The molecule has 0 unspecified atom stereocenters. The summed E-state index contributed by atoms with van der Waals surface area (Å²) in [4.78, 5) is 51.5. The predicted octanol–water partition coefficient (Wildman–Crippen LogP) is 8.40. The first kappa shape index (κ1) is 46.0. The van der Waals surface area contributed by atoms with Crippen LogP contribution in [0.5, 0.6) is 5.75 Å². The molecule has 4 rings (SSSR count). The molecule has 274 valence electrons. The molecule has 2 aromatic carbocycles. The number of aliphatic carboxylic acids is 2. The summed E-state index contributed by atoms with van der Waals surface area (Å²) in [5, 5.41) is 14.9. The van der Waals surface area contributed by atoms with Gasteiger partial charge >= 0.3 is 28.5 Å². The first-order chi connectivity index (χ1) is 22.2. The lowest BCUT2D eigenvalue weighted by molar-refractivity contribution is -0.274. The highest BCUT2D eigenvalue weighted by molar-refractivity contribution is 7.86. The summed E-state index contributed by atoms with van der Waals surface area (Å²) in [5.41, 5.74) is -0.103. The summed E-state index contributed by atoms with van der Waals surface area (Å²) >= 11 is 15.4. The van der Waals surface area contributed by atoms with Gasteiger partial charge < -0.3 is 14.9 Å². The van der Waals surface area contributed by atoms with E-state index in [0.717, 1.165) is 36.6 Å². The lowest BCUT2D eigenvalue weighted by Gasteiger charge is -2.29. The number of carbonyl (C=O) groups is 5. The molecular weight excluding hydrogens is 770 g/mol. The first-order valence-corrected chi connectivity index (χ1v) is 16.7. The van der Waals surface area contributed by atoms with Crippen LogP contribution in [0.25, 0.3) is 0 Å². The number of carbonyl (C=O) groups excluding carboxylic acids is 3. The van der Waals surface area contributed by atoms with Gasteiger partial charge in [0.15, 0.2) is 0 Å². The molecular formula is C30H32Cl4F4O10S. The Morgan fingerprint density at radius 2 is 1.24 bits per heavy atom. The lowest BCUT2D eigenvalue weighted by atomic mass is 9.74. The molecule has 2 N–H and O–H groups in total. The van der Waals surface area contributed by atoms with E-state index in [9.17, 15) is 49.4 Å². The average Bonchev–Trinajstić information content (AvgIpc) is 2.95. The summed E-state index contributed by atoms with van der Waals surface area (Å²) < 4.78 is 71.9. The Hall–Kier alpha value is -2.98. The van der Waals surface area contributed by atoms with Crippen molar-refractivity contribution in [3.05, 3.63) is 59.7 Å². The molecule has 2 aliphatic rings. The van der Waals surface area contributed by atoms with Gasteiger partial charge in [0.25, 0.3) is 10.5 Å². The SMILES string of the molecule is Cl.O=C(Cl)CCC1CCCCC1.O=C(Cl)c1cccc(OC(F)(F)F)c1.O=C(Cl)c1cccc(S(=O)(=O)F)c1.O=C(O)[C@@H]1CC[C@H]1C(=O)O. The third kappa shape index (κ3) is 19.1. The Morgan fingerprint density at radius 1 is 0.776 bits per heavy atom. The molecule has 0 radical (unpaired) electrons.